The Labute approximate surface area is 115 Å². The first-order valence-corrected chi connectivity index (χ1v) is 7.47. The van der Waals surface area contributed by atoms with Gasteiger partial charge in [-0.2, -0.15) is 0 Å². The quantitative estimate of drug-likeness (QED) is 0.880. The standard InChI is InChI=1S/C15H17NO2S/c16-12-13-6-8-14(9-7-13)18-10-11-19(17)15-4-2-1-3-5-15/h1-9H,10-12,16H2. The van der Waals surface area contributed by atoms with Gasteiger partial charge < -0.3 is 10.5 Å². The average Bonchev–Trinajstić information content (AvgIpc) is 2.49. The molecule has 0 aliphatic heterocycles. The topological polar surface area (TPSA) is 52.3 Å². The van der Waals surface area contributed by atoms with Gasteiger partial charge in [-0.15, -0.1) is 0 Å². The van der Waals surface area contributed by atoms with Crippen LogP contribution in [0.3, 0.4) is 0 Å². The van der Waals surface area contributed by atoms with Gasteiger partial charge in [0.15, 0.2) is 0 Å². The molecule has 1 unspecified atom stereocenters. The molecule has 100 valence electrons. The van der Waals surface area contributed by atoms with E-state index < -0.39 is 10.8 Å². The molecule has 0 radical (unpaired) electrons. The molecule has 0 aliphatic rings. The maximum atomic E-state index is 11.9. The molecule has 0 heterocycles. The summed E-state index contributed by atoms with van der Waals surface area (Å²) < 4.78 is 17.5. The Morgan fingerprint density at radius 2 is 1.68 bits per heavy atom. The van der Waals surface area contributed by atoms with Crippen LogP contribution in [-0.2, 0) is 17.3 Å². The highest BCUT2D eigenvalue weighted by molar-refractivity contribution is 7.85. The van der Waals surface area contributed by atoms with Crippen molar-refractivity contribution < 1.29 is 8.95 Å². The van der Waals surface area contributed by atoms with Gasteiger partial charge in [0, 0.05) is 11.4 Å². The zero-order chi connectivity index (χ0) is 13.5. The number of benzene rings is 2. The monoisotopic (exact) mass is 275 g/mol. The molecule has 2 aromatic carbocycles. The van der Waals surface area contributed by atoms with Crippen molar-refractivity contribution in [2.24, 2.45) is 5.73 Å². The summed E-state index contributed by atoms with van der Waals surface area (Å²) in [4.78, 5) is 0.838. The van der Waals surface area contributed by atoms with Crippen LogP contribution in [0.25, 0.3) is 0 Å². The summed E-state index contributed by atoms with van der Waals surface area (Å²) >= 11 is 0. The third-order valence-corrected chi connectivity index (χ3v) is 4.04. The lowest BCUT2D eigenvalue weighted by atomic mass is 10.2. The highest BCUT2D eigenvalue weighted by atomic mass is 32.2. The van der Waals surface area contributed by atoms with Crippen molar-refractivity contribution in [1.82, 2.24) is 0 Å². The molecule has 4 heteroatoms. The molecule has 3 nitrogen and oxygen atoms in total. The third kappa shape index (κ3) is 4.19. The molecule has 2 aromatic rings. The van der Waals surface area contributed by atoms with Gasteiger partial charge in [0.05, 0.1) is 16.6 Å². The molecule has 0 bridgehead atoms. The van der Waals surface area contributed by atoms with Gasteiger partial charge >= 0.3 is 0 Å². The molecule has 0 aromatic heterocycles. The summed E-state index contributed by atoms with van der Waals surface area (Å²) in [5.74, 6) is 1.27. The summed E-state index contributed by atoms with van der Waals surface area (Å²) in [6.07, 6.45) is 0. The Bertz CT molecular complexity index is 526. The zero-order valence-corrected chi connectivity index (χ0v) is 11.4. The number of hydrogen-bond donors (Lipinski definition) is 1. The predicted molar refractivity (Wildman–Crippen MR) is 77.5 cm³/mol. The minimum absolute atomic E-state index is 0.434. The van der Waals surface area contributed by atoms with Crippen molar-refractivity contribution in [3.63, 3.8) is 0 Å². The van der Waals surface area contributed by atoms with Crippen LogP contribution < -0.4 is 10.5 Å². The molecule has 0 spiro atoms. The van der Waals surface area contributed by atoms with E-state index in [4.69, 9.17) is 10.5 Å². The van der Waals surface area contributed by atoms with Gasteiger partial charge in [0.1, 0.15) is 12.4 Å². The van der Waals surface area contributed by atoms with E-state index >= 15 is 0 Å². The van der Waals surface area contributed by atoms with Crippen molar-refractivity contribution in [2.75, 3.05) is 12.4 Å². The van der Waals surface area contributed by atoms with E-state index in [0.29, 0.717) is 18.9 Å². The molecule has 2 rings (SSSR count). The van der Waals surface area contributed by atoms with Gasteiger partial charge in [-0.25, -0.2) is 0 Å². The Balaban J connectivity index is 1.81. The predicted octanol–water partition coefficient (Wildman–Crippen LogP) is 2.33. The van der Waals surface area contributed by atoms with Crippen LogP contribution in [-0.4, -0.2) is 16.6 Å². The van der Waals surface area contributed by atoms with E-state index in [-0.39, 0.29) is 0 Å². The third-order valence-electron chi connectivity index (χ3n) is 2.70. The average molecular weight is 275 g/mol. The Morgan fingerprint density at radius 3 is 2.32 bits per heavy atom. The Morgan fingerprint density at radius 1 is 1.00 bits per heavy atom. The second kappa shape index (κ2) is 7.07. The lowest BCUT2D eigenvalue weighted by Crippen LogP contribution is -2.08. The van der Waals surface area contributed by atoms with Crippen LogP contribution in [0.1, 0.15) is 5.56 Å². The van der Waals surface area contributed by atoms with Gasteiger partial charge in [-0.3, -0.25) is 4.21 Å². The van der Waals surface area contributed by atoms with Crippen molar-refractivity contribution in [1.29, 1.82) is 0 Å². The molecule has 0 amide bonds. The summed E-state index contributed by atoms with van der Waals surface area (Å²) in [5, 5.41) is 0. The molecule has 2 N–H and O–H groups in total. The first-order valence-electron chi connectivity index (χ1n) is 6.15. The molecule has 0 aliphatic carbocycles. The molecular weight excluding hydrogens is 258 g/mol. The molecule has 0 saturated carbocycles. The lowest BCUT2D eigenvalue weighted by Gasteiger charge is -2.07. The van der Waals surface area contributed by atoms with Crippen LogP contribution >= 0.6 is 0 Å². The fraction of sp³-hybridized carbons (Fsp3) is 0.200. The fourth-order valence-corrected chi connectivity index (χ4v) is 2.58. The normalized spacial score (nSPS) is 12.1. The van der Waals surface area contributed by atoms with Crippen molar-refractivity contribution in [3.8, 4) is 5.75 Å². The van der Waals surface area contributed by atoms with E-state index in [9.17, 15) is 4.21 Å². The molecule has 19 heavy (non-hydrogen) atoms. The van der Waals surface area contributed by atoms with Crippen molar-refractivity contribution >= 4 is 10.8 Å². The van der Waals surface area contributed by atoms with E-state index in [1.54, 1.807) is 0 Å². The zero-order valence-electron chi connectivity index (χ0n) is 10.6. The van der Waals surface area contributed by atoms with Crippen LogP contribution in [0.15, 0.2) is 59.5 Å². The maximum absolute atomic E-state index is 11.9. The Hall–Kier alpha value is -1.65. The highest BCUT2D eigenvalue weighted by Gasteiger charge is 2.03. The van der Waals surface area contributed by atoms with Gasteiger partial charge in [-0.1, -0.05) is 30.3 Å². The summed E-state index contributed by atoms with van der Waals surface area (Å²) in [5.41, 5.74) is 6.59. The van der Waals surface area contributed by atoms with Crippen molar-refractivity contribution in [3.05, 3.63) is 60.2 Å². The number of ether oxygens (including phenoxy) is 1. The van der Waals surface area contributed by atoms with Gasteiger partial charge in [-0.05, 0) is 29.8 Å². The summed E-state index contributed by atoms with van der Waals surface area (Å²) in [6, 6.07) is 17.1. The molecule has 0 fully saturated rings. The Kier molecular flexibility index (Phi) is 5.12. The molecule has 1 atom stereocenters. The number of rotatable bonds is 6. The maximum Gasteiger partial charge on any atom is 0.119 e. The second-order valence-electron chi connectivity index (χ2n) is 4.06. The second-order valence-corrected chi connectivity index (χ2v) is 5.63. The fourth-order valence-electron chi connectivity index (χ4n) is 1.65. The van der Waals surface area contributed by atoms with Crippen LogP contribution in [0.4, 0.5) is 0 Å². The van der Waals surface area contributed by atoms with Crippen LogP contribution in [0.2, 0.25) is 0 Å². The van der Waals surface area contributed by atoms with E-state index in [2.05, 4.69) is 0 Å². The number of hydrogen-bond acceptors (Lipinski definition) is 3. The SMILES string of the molecule is NCc1ccc(OCCS(=O)c2ccccc2)cc1. The first kappa shape index (κ1) is 13.8. The van der Waals surface area contributed by atoms with Gasteiger partial charge in [0.2, 0.25) is 0 Å². The van der Waals surface area contributed by atoms with E-state index in [1.807, 2.05) is 54.6 Å². The van der Waals surface area contributed by atoms with Gasteiger partial charge in [0.25, 0.3) is 0 Å². The number of nitrogens with two attached hydrogens (primary N) is 1. The summed E-state index contributed by atoms with van der Waals surface area (Å²) in [6.45, 7) is 0.960. The smallest absolute Gasteiger partial charge is 0.119 e. The van der Waals surface area contributed by atoms with Crippen molar-refractivity contribution in [2.45, 2.75) is 11.4 Å². The first-order chi connectivity index (χ1) is 9.29. The van der Waals surface area contributed by atoms with Crippen LogP contribution in [0.5, 0.6) is 5.75 Å². The largest absolute Gasteiger partial charge is 0.493 e. The van der Waals surface area contributed by atoms with Crippen LogP contribution in [0, 0.1) is 0 Å². The minimum Gasteiger partial charge on any atom is -0.493 e. The lowest BCUT2D eigenvalue weighted by molar-refractivity contribution is 0.342. The molecular formula is C15H17NO2S. The van der Waals surface area contributed by atoms with E-state index in [1.165, 1.54) is 0 Å². The summed E-state index contributed by atoms with van der Waals surface area (Å²) in [7, 11) is -1.01. The molecule has 0 saturated heterocycles. The van der Waals surface area contributed by atoms with E-state index in [0.717, 1.165) is 16.2 Å². The highest BCUT2D eigenvalue weighted by Crippen LogP contribution is 2.12. The minimum atomic E-state index is -1.01.